The topological polar surface area (TPSA) is 122 Å². The first-order valence-corrected chi connectivity index (χ1v) is 14.4. The van der Waals surface area contributed by atoms with Gasteiger partial charge in [0, 0.05) is 30.7 Å². The van der Waals surface area contributed by atoms with Gasteiger partial charge in [0.25, 0.3) is 0 Å². The minimum Gasteiger partial charge on any atom is -0.374 e. The molecule has 39 heavy (non-hydrogen) atoms. The number of hydrogen-bond acceptors (Lipinski definition) is 10. The molecule has 3 N–H and O–H groups in total. The molecule has 3 aromatic rings. The summed E-state index contributed by atoms with van der Waals surface area (Å²) in [5.41, 5.74) is 7.60. The summed E-state index contributed by atoms with van der Waals surface area (Å²) in [5, 5.41) is 13.1. The van der Waals surface area contributed by atoms with Crippen molar-refractivity contribution in [2.45, 2.75) is 87.3 Å². The van der Waals surface area contributed by atoms with Gasteiger partial charge >= 0.3 is 0 Å². The Morgan fingerprint density at radius 1 is 1.18 bits per heavy atom. The number of thioether (sulfide) groups is 1. The van der Waals surface area contributed by atoms with Crippen molar-refractivity contribution in [1.29, 1.82) is 0 Å². The number of halogens is 2. The van der Waals surface area contributed by atoms with Crippen LogP contribution in [0.1, 0.15) is 57.6 Å². The van der Waals surface area contributed by atoms with E-state index in [9.17, 15) is 8.78 Å². The van der Waals surface area contributed by atoms with Crippen LogP contribution in [0.4, 0.5) is 14.6 Å². The quantitative estimate of drug-likeness (QED) is 0.279. The van der Waals surface area contributed by atoms with Crippen molar-refractivity contribution < 1.29 is 23.0 Å². The van der Waals surface area contributed by atoms with Crippen molar-refractivity contribution in [1.82, 2.24) is 25.0 Å². The van der Waals surface area contributed by atoms with Gasteiger partial charge in [-0.1, -0.05) is 30.0 Å². The molecule has 2 aromatic heterocycles. The molecular weight excluding hydrogens is 528 g/mol. The second-order valence-electron chi connectivity index (χ2n) is 10.7. The maximum absolute atomic E-state index is 13.8. The van der Waals surface area contributed by atoms with Crippen LogP contribution >= 0.6 is 11.8 Å². The van der Waals surface area contributed by atoms with Crippen molar-refractivity contribution in [3.05, 3.63) is 35.4 Å². The molecule has 6 rings (SSSR count). The lowest BCUT2D eigenvalue weighted by atomic mass is 10.1. The van der Waals surface area contributed by atoms with Crippen molar-refractivity contribution in [3.63, 3.8) is 0 Å². The first-order valence-electron chi connectivity index (χ1n) is 13.4. The molecule has 1 unspecified atom stereocenters. The summed E-state index contributed by atoms with van der Waals surface area (Å²) in [6.45, 7) is 6.74. The molecule has 0 spiro atoms. The highest BCUT2D eigenvalue weighted by Crippen LogP contribution is 2.46. The Bertz CT molecular complexity index is 1360. The van der Waals surface area contributed by atoms with E-state index >= 15 is 0 Å². The summed E-state index contributed by atoms with van der Waals surface area (Å²) in [4.78, 5) is 9.60. The van der Waals surface area contributed by atoms with Crippen molar-refractivity contribution >= 4 is 28.7 Å². The summed E-state index contributed by atoms with van der Waals surface area (Å²) in [7, 11) is 0. The van der Waals surface area contributed by atoms with Gasteiger partial charge in [0.15, 0.2) is 39.6 Å². The lowest BCUT2D eigenvalue weighted by Gasteiger charge is -2.23. The Morgan fingerprint density at radius 3 is 2.77 bits per heavy atom. The Labute approximate surface area is 229 Å². The smallest absolute Gasteiger partial charge is 0.191 e. The zero-order valence-corrected chi connectivity index (χ0v) is 23.0. The summed E-state index contributed by atoms with van der Waals surface area (Å²) in [6.07, 6.45) is 1.63. The van der Waals surface area contributed by atoms with Crippen LogP contribution in [-0.4, -0.2) is 74.0 Å². The van der Waals surface area contributed by atoms with Crippen LogP contribution in [-0.2, 0) is 14.2 Å². The lowest BCUT2D eigenvalue weighted by Crippen LogP contribution is -2.32. The molecule has 3 aliphatic rings. The fourth-order valence-corrected chi connectivity index (χ4v) is 6.26. The third kappa shape index (κ3) is 5.22. The molecule has 3 fully saturated rings. The number of aromatic nitrogens is 5. The summed E-state index contributed by atoms with van der Waals surface area (Å²) < 4.78 is 47.6. The molecule has 1 saturated heterocycles. The predicted molar refractivity (Wildman–Crippen MR) is 142 cm³/mol. The maximum atomic E-state index is 13.8. The fraction of sp³-hybridized carbons (Fsp3) is 0.615. The zero-order valence-electron chi connectivity index (χ0n) is 22.1. The van der Waals surface area contributed by atoms with Crippen LogP contribution in [0.3, 0.4) is 0 Å². The average Bonchev–Trinajstić information content (AvgIpc) is 3.24. The van der Waals surface area contributed by atoms with Gasteiger partial charge in [-0.2, -0.15) is 0 Å². The number of nitrogens with two attached hydrogens (primary N) is 1. The van der Waals surface area contributed by atoms with Gasteiger partial charge in [-0.15, -0.1) is 5.10 Å². The minimum atomic E-state index is -0.847. The molecule has 13 heteroatoms. The molecule has 2 saturated carbocycles. The van der Waals surface area contributed by atoms with Crippen molar-refractivity contribution in [2.24, 2.45) is 5.73 Å². The Kier molecular flexibility index (Phi) is 7.21. The molecule has 2 aliphatic carbocycles. The summed E-state index contributed by atoms with van der Waals surface area (Å²) in [6, 6.07) is 3.88. The van der Waals surface area contributed by atoms with Crippen LogP contribution in [0, 0.1) is 11.6 Å². The van der Waals surface area contributed by atoms with Gasteiger partial charge in [0.2, 0.25) is 0 Å². The third-order valence-corrected chi connectivity index (χ3v) is 8.42. The van der Waals surface area contributed by atoms with Crippen LogP contribution in [0.15, 0.2) is 23.4 Å². The Morgan fingerprint density at radius 2 is 2.00 bits per heavy atom. The average molecular weight is 562 g/mol. The van der Waals surface area contributed by atoms with E-state index in [0.717, 1.165) is 24.2 Å². The summed E-state index contributed by atoms with van der Waals surface area (Å²) >= 11 is 1.57. The highest BCUT2D eigenvalue weighted by molar-refractivity contribution is 7.99. The van der Waals surface area contributed by atoms with E-state index in [1.165, 1.54) is 12.1 Å². The van der Waals surface area contributed by atoms with E-state index in [-0.39, 0.29) is 36.3 Å². The van der Waals surface area contributed by atoms with E-state index in [2.05, 4.69) is 22.6 Å². The Hall–Kier alpha value is -2.45. The van der Waals surface area contributed by atoms with E-state index in [0.29, 0.717) is 41.7 Å². The Balaban J connectivity index is 1.31. The van der Waals surface area contributed by atoms with Crippen LogP contribution in [0.5, 0.6) is 0 Å². The minimum absolute atomic E-state index is 0.0133. The number of ether oxygens (including phenoxy) is 3. The number of rotatable bonds is 10. The molecule has 10 nitrogen and oxygen atoms in total. The molecule has 0 radical (unpaired) electrons. The molecular formula is C26H33F2N7O3S. The molecule has 1 aliphatic heterocycles. The second kappa shape index (κ2) is 10.5. The normalized spacial score (nSPS) is 29.2. The number of fused-ring (bicyclic) bond motifs is 2. The zero-order chi connectivity index (χ0) is 27.3. The molecule has 6 atom stereocenters. The SMILES string of the molecule is CCCSc1nc(N[C@@H]2C[C@H]2c2ccc(F)c(F)c2)c2nnn([C@@H]3C[C@H](OCCN)[C@H]4OC(C)(C)OC34)c2n1. The van der Waals surface area contributed by atoms with Crippen LogP contribution < -0.4 is 11.1 Å². The third-order valence-electron chi connectivity index (χ3n) is 7.37. The van der Waals surface area contributed by atoms with Crippen LogP contribution in [0.25, 0.3) is 11.2 Å². The predicted octanol–water partition coefficient (Wildman–Crippen LogP) is 3.78. The van der Waals surface area contributed by atoms with Gasteiger partial charge in [-0.3, -0.25) is 0 Å². The van der Waals surface area contributed by atoms with Gasteiger partial charge in [-0.05, 0) is 44.4 Å². The first kappa shape index (κ1) is 26.8. The first-order chi connectivity index (χ1) is 18.8. The molecule has 0 amide bonds. The van der Waals surface area contributed by atoms with E-state index < -0.39 is 17.4 Å². The largest absolute Gasteiger partial charge is 0.374 e. The maximum Gasteiger partial charge on any atom is 0.191 e. The molecule has 0 bridgehead atoms. The molecule has 3 heterocycles. The van der Waals surface area contributed by atoms with Gasteiger partial charge in [0.05, 0.1) is 18.8 Å². The summed E-state index contributed by atoms with van der Waals surface area (Å²) in [5.74, 6) is -0.946. The van der Waals surface area contributed by atoms with Gasteiger partial charge in [0.1, 0.15) is 12.2 Å². The molecule has 210 valence electrons. The van der Waals surface area contributed by atoms with Gasteiger partial charge < -0.3 is 25.3 Å². The van der Waals surface area contributed by atoms with E-state index in [4.69, 9.17) is 29.9 Å². The lowest BCUT2D eigenvalue weighted by molar-refractivity contribution is -0.170. The monoisotopic (exact) mass is 561 g/mol. The van der Waals surface area contributed by atoms with Crippen molar-refractivity contribution in [2.75, 3.05) is 24.2 Å². The van der Waals surface area contributed by atoms with E-state index in [1.54, 1.807) is 17.8 Å². The fourth-order valence-electron chi connectivity index (χ4n) is 5.56. The number of hydrogen-bond donors (Lipinski definition) is 2. The highest BCUT2D eigenvalue weighted by atomic mass is 32.2. The number of nitrogens with zero attached hydrogens (tertiary/aromatic N) is 5. The van der Waals surface area contributed by atoms with Crippen LogP contribution in [0.2, 0.25) is 0 Å². The number of nitrogens with one attached hydrogen (secondary N) is 1. The number of anilines is 1. The highest BCUT2D eigenvalue weighted by Gasteiger charge is 2.56. The standard InChI is InChI=1S/C26H33F2N7O3S/c1-4-9-39-25-31-23(30-17-11-14(17)13-5-6-15(27)16(28)10-13)20-24(32-25)35(34-33-20)18-12-19(36-8-7-29)22-21(18)37-26(2,3)38-22/h5-6,10,14,17-19,21-22H,4,7-9,11-12,29H2,1-3H3,(H,30,31,32)/t14-,17+,18+,19-,21?,22+/m0/s1. The molecule has 1 aromatic carbocycles. The second-order valence-corrected chi connectivity index (χ2v) is 11.8. The van der Waals surface area contributed by atoms with Gasteiger partial charge in [-0.25, -0.2) is 23.4 Å². The van der Waals surface area contributed by atoms with E-state index in [1.807, 2.05) is 18.5 Å². The number of benzene rings is 1. The van der Waals surface area contributed by atoms with Crippen molar-refractivity contribution in [3.8, 4) is 0 Å².